The number of aliphatic imine (C=N–C) groups is 2. The highest BCUT2D eigenvalue weighted by molar-refractivity contribution is 6.31. The quantitative estimate of drug-likeness (QED) is 0.0365. The number of H-pyrrole nitrogens is 4. The molecule has 332 valence electrons. The summed E-state index contributed by atoms with van der Waals surface area (Å²) in [4.78, 5) is 18.7. The van der Waals surface area contributed by atoms with E-state index in [4.69, 9.17) is 21.1 Å². The molecule has 16 heteroatoms. The van der Waals surface area contributed by atoms with Gasteiger partial charge in [-0.2, -0.15) is 10.2 Å². The van der Waals surface area contributed by atoms with E-state index in [1.54, 1.807) is 24.4 Å². The Bertz CT molecular complexity index is 2810. The molecule has 0 bridgehead atoms. The van der Waals surface area contributed by atoms with Gasteiger partial charge in [0.1, 0.15) is 17.3 Å². The Hall–Kier alpha value is -6.94. The molecule has 8 aromatic rings. The van der Waals surface area contributed by atoms with Crippen LogP contribution in [0.4, 0.5) is 16.0 Å². The number of benzene rings is 4. The van der Waals surface area contributed by atoms with E-state index in [1.807, 2.05) is 54.6 Å². The molecule has 64 heavy (non-hydrogen) atoms. The third-order valence-electron chi connectivity index (χ3n) is 10.1. The maximum atomic E-state index is 13.4. The van der Waals surface area contributed by atoms with Crippen molar-refractivity contribution in [2.45, 2.75) is 25.7 Å². The molecule has 0 fully saturated rings. The first kappa shape index (κ1) is 45.1. The molecule has 0 aliphatic carbocycles. The molecule has 4 aromatic carbocycles. The first-order valence-electron chi connectivity index (χ1n) is 20.9. The van der Waals surface area contributed by atoms with Crippen LogP contribution in [0.5, 0.6) is 23.3 Å². The summed E-state index contributed by atoms with van der Waals surface area (Å²) in [5, 5.41) is 36.9. The van der Waals surface area contributed by atoms with Crippen LogP contribution in [-0.4, -0.2) is 117 Å². The maximum absolute atomic E-state index is 13.4. The molecule has 6 N–H and O–H groups in total. The van der Waals surface area contributed by atoms with Gasteiger partial charge in [0.15, 0.2) is 23.4 Å². The molecule has 0 saturated heterocycles. The smallest absolute Gasteiger partial charge is 0.198 e. The summed E-state index contributed by atoms with van der Waals surface area (Å²) in [6, 6.07) is 29.5. The van der Waals surface area contributed by atoms with Gasteiger partial charge in [-0.25, -0.2) is 14.4 Å². The topological polar surface area (TPSA) is 179 Å². The fourth-order valence-electron chi connectivity index (χ4n) is 6.87. The monoisotopic (exact) mass is 886 g/mol. The summed E-state index contributed by atoms with van der Waals surface area (Å²) in [5.74, 6) is 2.39. The van der Waals surface area contributed by atoms with Crippen LogP contribution in [0.15, 0.2) is 107 Å². The Morgan fingerprint density at radius 1 is 0.625 bits per heavy atom. The van der Waals surface area contributed by atoms with Crippen molar-refractivity contribution in [2.75, 3.05) is 54.5 Å². The first-order valence-corrected chi connectivity index (χ1v) is 21.2. The molecule has 0 radical (unpaired) electrons. The Kier molecular flexibility index (Phi) is 15.1. The number of aromatic amines is 4. The Labute approximate surface area is 375 Å². The van der Waals surface area contributed by atoms with E-state index in [0.717, 1.165) is 70.8 Å². The average Bonchev–Trinajstić information content (AvgIpc) is 4.06. The lowest BCUT2D eigenvalue weighted by atomic mass is 10.1. The van der Waals surface area contributed by atoms with Gasteiger partial charge < -0.3 is 39.5 Å². The largest absolute Gasteiger partial charge is 0.494 e. The van der Waals surface area contributed by atoms with Gasteiger partial charge in [0, 0.05) is 83.2 Å². The van der Waals surface area contributed by atoms with Crippen LogP contribution in [0, 0.1) is 5.82 Å². The number of halogens is 2. The normalized spacial score (nSPS) is 11.8. The summed E-state index contributed by atoms with van der Waals surface area (Å²) >= 11 is 6.08. The molecule has 14 nitrogen and oxygen atoms in total. The van der Waals surface area contributed by atoms with Crippen molar-refractivity contribution in [3.05, 3.63) is 142 Å². The number of nitrogens with one attached hydrogen (secondary N) is 4. The van der Waals surface area contributed by atoms with Gasteiger partial charge in [-0.3, -0.25) is 10.2 Å². The Balaban J connectivity index is 0.000000191. The number of hydrogen-bond acceptors (Lipinski definition) is 10. The van der Waals surface area contributed by atoms with Gasteiger partial charge in [-0.15, -0.1) is 0 Å². The molecule has 0 aliphatic heterocycles. The fraction of sp³-hybridized carbons (Fsp3) is 0.250. The second-order valence-electron chi connectivity index (χ2n) is 15.8. The Morgan fingerprint density at radius 3 is 1.64 bits per heavy atom. The lowest BCUT2D eigenvalue weighted by molar-refractivity contribution is 0.281. The summed E-state index contributed by atoms with van der Waals surface area (Å²) < 4.78 is 24.9. The van der Waals surface area contributed by atoms with Crippen LogP contribution in [0.3, 0.4) is 0 Å². The lowest BCUT2D eigenvalue weighted by Crippen LogP contribution is -2.15. The molecule has 4 aromatic heterocycles. The van der Waals surface area contributed by atoms with Crippen molar-refractivity contribution < 1.29 is 24.1 Å². The van der Waals surface area contributed by atoms with Gasteiger partial charge in [0.05, 0.1) is 29.9 Å². The standard InChI is InChI=1S/C24H26ClN5O2.C24H26FN5O2/c1-30(2)10-3-11-32-19-7-4-16(5-8-19)12-18-14-23(29-28-18)26-15-21-20-13-17(25)6-9-22(20)27-24(21)31;1-30(2)10-3-11-32-19-7-4-16(5-8-19)12-18-14-23(29-28-18)26-15-21-20-9-6-17(25)13-22(20)27-24(21)31/h2*4-9,13-15,27,31H,3,10-12H2,1-2H3,(H,28,29). The number of aromatic hydroxyl groups is 2. The van der Waals surface area contributed by atoms with Crippen LogP contribution in [-0.2, 0) is 12.8 Å². The summed E-state index contributed by atoms with van der Waals surface area (Å²) in [7, 11) is 8.22. The molecule has 0 atom stereocenters. The molecular formula is C48H52ClFN10O4. The molecule has 4 heterocycles. The molecule has 0 unspecified atom stereocenters. The van der Waals surface area contributed by atoms with Crippen molar-refractivity contribution in [3.63, 3.8) is 0 Å². The van der Waals surface area contributed by atoms with Gasteiger partial charge in [-0.05, 0) is 113 Å². The third-order valence-corrected chi connectivity index (χ3v) is 10.4. The number of nitrogens with zero attached hydrogens (tertiary/aromatic N) is 6. The van der Waals surface area contributed by atoms with Crippen molar-refractivity contribution in [1.29, 1.82) is 0 Å². The summed E-state index contributed by atoms with van der Waals surface area (Å²) in [6.07, 6.45) is 6.48. The number of aromatic nitrogens is 6. The Morgan fingerprint density at radius 2 is 1.12 bits per heavy atom. The minimum absolute atomic E-state index is 0.0470. The van der Waals surface area contributed by atoms with Crippen LogP contribution in [0.1, 0.15) is 46.5 Å². The predicted molar refractivity (Wildman–Crippen MR) is 252 cm³/mol. The number of fused-ring (bicyclic) bond motifs is 2. The zero-order chi connectivity index (χ0) is 45.0. The van der Waals surface area contributed by atoms with E-state index in [9.17, 15) is 14.6 Å². The van der Waals surface area contributed by atoms with E-state index in [-0.39, 0.29) is 17.6 Å². The van der Waals surface area contributed by atoms with Crippen molar-refractivity contribution in [2.24, 2.45) is 9.98 Å². The molecular weight excluding hydrogens is 835 g/mol. The van der Waals surface area contributed by atoms with Crippen LogP contribution in [0.2, 0.25) is 5.02 Å². The SMILES string of the molecule is CN(C)CCCOc1ccc(Cc2cc(N=Cc3c(O)[nH]c4cc(F)ccc34)n[nH]2)cc1.CN(C)CCCOc1ccc(Cc2cc(N=Cc3c(O)[nH]c4ccc(Cl)cc34)n[nH]2)cc1. The second-order valence-corrected chi connectivity index (χ2v) is 16.3. The zero-order valence-corrected chi connectivity index (χ0v) is 37.0. The molecule has 0 amide bonds. The van der Waals surface area contributed by atoms with Gasteiger partial charge in [0.2, 0.25) is 0 Å². The van der Waals surface area contributed by atoms with Crippen LogP contribution in [0.25, 0.3) is 21.8 Å². The maximum Gasteiger partial charge on any atom is 0.198 e. The van der Waals surface area contributed by atoms with Crippen LogP contribution < -0.4 is 9.47 Å². The third kappa shape index (κ3) is 12.6. The minimum atomic E-state index is -0.372. The van der Waals surface area contributed by atoms with E-state index < -0.39 is 0 Å². The lowest BCUT2D eigenvalue weighted by Gasteiger charge is -2.10. The summed E-state index contributed by atoms with van der Waals surface area (Å²) in [5.41, 5.74) is 6.51. The first-order chi connectivity index (χ1) is 30.9. The fourth-order valence-corrected chi connectivity index (χ4v) is 7.04. The van der Waals surface area contributed by atoms with Crippen molar-refractivity contribution in [3.8, 4) is 23.3 Å². The van der Waals surface area contributed by atoms with Crippen LogP contribution >= 0.6 is 11.6 Å². The van der Waals surface area contributed by atoms with Crippen molar-refractivity contribution in [1.82, 2.24) is 40.2 Å². The number of ether oxygens (including phenoxy) is 2. The highest BCUT2D eigenvalue weighted by Gasteiger charge is 2.12. The highest BCUT2D eigenvalue weighted by Crippen LogP contribution is 2.29. The summed E-state index contributed by atoms with van der Waals surface area (Å²) in [6.45, 7) is 3.41. The molecule has 0 saturated carbocycles. The minimum Gasteiger partial charge on any atom is -0.494 e. The van der Waals surface area contributed by atoms with E-state index in [0.29, 0.717) is 64.7 Å². The number of rotatable bonds is 18. The molecule has 0 spiro atoms. The number of hydrogen-bond donors (Lipinski definition) is 6. The molecule has 0 aliphatic rings. The van der Waals surface area contributed by atoms with Crippen molar-refractivity contribution >= 4 is 57.5 Å². The second kappa shape index (κ2) is 21.4. The van der Waals surface area contributed by atoms with E-state index >= 15 is 0 Å². The van der Waals surface area contributed by atoms with Gasteiger partial charge in [0.25, 0.3) is 0 Å². The highest BCUT2D eigenvalue weighted by atomic mass is 35.5. The van der Waals surface area contributed by atoms with E-state index in [1.165, 1.54) is 18.3 Å². The molecule has 8 rings (SSSR count). The predicted octanol–water partition coefficient (Wildman–Crippen LogP) is 9.33. The zero-order valence-electron chi connectivity index (χ0n) is 36.2. The van der Waals surface area contributed by atoms with E-state index in [2.05, 4.69) is 90.5 Å². The van der Waals surface area contributed by atoms with Gasteiger partial charge >= 0.3 is 0 Å². The average molecular weight is 887 g/mol. The van der Waals surface area contributed by atoms with Gasteiger partial charge in [-0.1, -0.05) is 35.9 Å².